The van der Waals surface area contributed by atoms with E-state index >= 15 is 0 Å². The Labute approximate surface area is 106 Å². The molecular formula is C13H17NO4. The van der Waals surface area contributed by atoms with Crippen LogP contribution in [0, 0.1) is 23.2 Å². The lowest BCUT2D eigenvalue weighted by Gasteiger charge is -2.12. The van der Waals surface area contributed by atoms with Crippen LogP contribution in [0.25, 0.3) is 0 Å². The number of allylic oxidation sites excluding steroid dienone is 2. The number of nitriles is 1. The summed E-state index contributed by atoms with van der Waals surface area (Å²) in [4.78, 5) is 20.9. The quantitative estimate of drug-likeness (QED) is 0.612. The van der Waals surface area contributed by atoms with Gasteiger partial charge in [-0.3, -0.25) is 9.59 Å². The molecule has 2 N–H and O–H groups in total. The number of carboxylic acids is 2. The minimum Gasteiger partial charge on any atom is -0.481 e. The van der Waals surface area contributed by atoms with Gasteiger partial charge in [0.25, 0.3) is 0 Å². The average molecular weight is 251 g/mol. The van der Waals surface area contributed by atoms with Crippen molar-refractivity contribution >= 4 is 11.9 Å². The zero-order valence-electron chi connectivity index (χ0n) is 10.1. The van der Waals surface area contributed by atoms with Crippen LogP contribution in [0.15, 0.2) is 24.8 Å². The fourth-order valence-electron chi connectivity index (χ4n) is 1.46. The van der Waals surface area contributed by atoms with Gasteiger partial charge in [-0.05, 0) is 25.2 Å². The molecule has 0 aromatic carbocycles. The summed E-state index contributed by atoms with van der Waals surface area (Å²) < 4.78 is 0. The standard InChI is InChI=1S/C13H17NO4/c1-2-10(8-11(9-14)13(17)18)6-4-3-5-7-12(15)16/h2-3,5,10-11H,1,4,6-8H2,(H,15,16)(H,17,18). The molecule has 0 aliphatic rings. The maximum Gasteiger partial charge on any atom is 0.320 e. The molecule has 0 saturated heterocycles. The summed E-state index contributed by atoms with van der Waals surface area (Å²) in [5.74, 6) is -3.08. The van der Waals surface area contributed by atoms with Gasteiger partial charge >= 0.3 is 11.9 Å². The van der Waals surface area contributed by atoms with Crippen LogP contribution in [-0.4, -0.2) is 22.2 Å². The molecule has 0 aromatic heterocycles. The molecular weight excluding hydrogens is 234 g/mol. The van der Waals surface area contributed by atoms with E-state index in [1.54, 1.807) is 24.3 Å². The van der Waals surface area contributed by atoms with Crippen molar-refractivity contribution in [3.05, 3.63) is 24.8 Å². The molecule has 5 nitrogen and oxygen atoms in total. The highest BCUT2D eigenvalue weighted by Crippen LogP contribution is 2.19. The molecule has 0 radical (unpaired) electrons. The predicted molar refractivity (Wildman–Crippen MR) is 65.7 cm³/mol. The molecule has 0 rings (SSSR count). The molecule has 0 spiro atoms. The van der Waals surface area contributed by atoms with Gasteiger partial charge in [0.2, 0.25) is 0 Å². The summed E-state index contributed by atoms with van der Waals surface area (Å²) in [5, 5.41) is 25.8. The van der Waals surface area contributed by atoms with Crippen molar-refractivity contribution in [2.45, 2.75) is 25.7 Å². The molecule has 0 bridgehead atoms. The molecule has 2 atom stereocenters. The zero-order valence-corrected chi connectivity index (χ0v) is 10.1. The maximum absolute atomic E-state index is 10.7. The van der Waals surface area contributed by atoms with E-state index in [9.17, 15) is 9.59 Å². The second kappa shape index (κ2) is 8.99. The van der Waals surface area contributed by atoms with E-state index in [0.717, 1.165) is 0 Å². The Kier molecular flexibility index (Phi) is 7.95. The minimum atomic E-state index is -1.12. The molecule has 98 valence electrons. The third kappa shape index (κ3) is 7.23. The largest absolute Gasteiger partial charge is 0.481 e. The van der Waals surface area contributed by atoms with E-state index < -0.39 is 17.9 Å². The fourth-order valence-corrected chi connectivity index (χ4v) is 1.46. The molecule has 5 heteroatoms. The lowest BCUT2D eigenvalue weighted by molar-refractivity contribution is -0.140. The maximum atomic E-state index is 10.7. The summed E-state index contributed by atoms with van der Waals surface area (Å²) in [7, 11) is 0. The number of hydrogen-bond acceptors (Lipinski definition) is 3. The first kappa shape index (κ1) is 15.9. The van der Waals surface area contributed by atoms with Crippen LogP contribution in [0.1, 0.15) is 25.7 Å². The number of carbonyl (C=O) groups is 2. The lowest BCUT2D eigenvalue weighted by atomic mass is 9.91. The molecule has 2 unspecified atom stereocenters. The first-order valence-electron chi connectivity index (χ1n) is 5.63. The third-order valence-corrected chi connectivity index (χ3v) is 2.49. The second-order valence-electron chi connectivity index (χ2n) is 3.90. The van der Waals surface area contributed by atoms with Crippen LogP contribution >= 0.6 is 0 Å². The molecule has 18 heavy (non-hydrogen) atoms. The van der Waals surface area contributed by atoms with Crippen molar-refractivity contribution in [1.29, 1.82) is 5.26 Å². The van der Waals surface area contributed by atoms with E-state index in [1.165, 1.54) is 0 Å². The number of hydrogen-bond donors (Lipinski definition) is 2. The molecule has 0 amide bonds. The highest BCUT2D eigenvalue weighted by Gasteiger charge is 2.20. The molecule has 0 aliphatic carbocycles. The average Bonchev–Trinajstić information content (AvgIpc) is 2.31. The Hall–Kier alpha value is -2.09. The highest BCUT2D eigenvalue weighted by molar-refractivity contribution is 5.72. The summed E-state index contributed by atoms with van der Waals surface area (Å²) >= 11 is 0. The molecule has 0 aliphatic heterocycles. The smallest absolute Gasteiger partial charge is 0.320 e. The van der Waals surface area contributed by atoms with Crippen LogP contribution < -0.4 is 0 Å². The van der Waals surface area contributed by atoms with Crippen molar-refractivity contribution in [3.8, 4) is 6.07 Å². The lowest BCUT2D eigenvalue weighted by Crippen LogP contribution is -2.15. The topological polar surface area (TPSA) is 98.4 Å². The van der Waals surface area contributed by atoms with Crippen molar-refractivity contribution < 1.29 is 19.8 Å². The van der Waals surface area contributed by atoms with Crippen molar-refractivity contribution in [2.24, 2.45) is 11.8 Å². The Morgan fingerprint density at radius 1 is 1.33 bits per heavy atom. The van der Waals surface area contributed by atoms with Gasteiger partial charge in [0.15, 0.2) is 0 Å². The molecule has 0 aromatic rings. The van der Waals surface area contributed by atoms with E-state index in [2.05, 4.69) is 6.58 Å². The van der Waals surface area contributed by atoms with Crippen LogP contribution in [0.5, 0.6) is 0 Å². The van der Waals surface area contributed by atoms with Gasteiger partial charge in [0, 0.05) is 0 Å². The highest BCUT2D eigenvalue weighted by atomic mass is 16.4. The van der Waals surface area contributed by atoms with E-state index in [-0.39, 0.29) is 18.8 Å². The zero-order chi connectivity index (χ0) is 14.0. The summed E-state index contributed by atoms with van der Waals surface area (Å²) in [6, 6.07) is 1.74. The first-order chi connectivity index (χ1) is 8.51. The van der Waals surface area contributed by atoms with Gasteiger partial charge < -0.3 is 10.2 Å². The fraction of sp³-hybridized carbons (Fsp3) is 0.462. The third-order valence-electron chi connectivity index (χ3n) is 2.49. The van der Waals surface area contributed by atoms with Crippen LogP contribution in [0.2, 0.25) is 0 Å². The van der Waals surface area contributed by atoms with E-state index in [1.807, 2.05) is 0 Å². The Morgan fingerprint density at radius 2 is 2.00 bits per heavy atom. The summed E-state index contributed by atoms with van der Waals surface area (Å²) in [6.07, 6.45) is 6.45. The molecule has 0 saturated carbocycles. The van der Waals surface area contributed by atoms with Gasteiger partial charge in [-0.25, -0.2) is 0 Å². The Bertz CT molecular complexity index is 368. The number of aliphatic carboxylic acids is 2. The van der Waals surface area contributed by atoms with Gasteiger partial charge in [-0.15, -0.1) is 6.58 Å². The van der Waals surface area contributed by atoms with Crippen molar-refractivity contribution in [1.82, 2.24) is 0 Å². The number of carboxylic acid groups (broad SMARTS) is 2. The monoisotopic (exact) mass is 251 g/mol. The minimum absolute atomic E-state index is 0.0191. The Balaban J connectivity index is 4.09. The normalized spacial score (nSPS) is 13.7. The summed E-state index contributed by atoms with van der Waals surface area (Å²) in [5.41, 5.74) is 0. The van der Waals surface area contributed by atoms with Gasteiger partial charge in [-0.1, -0.05) is 18.2 Å². The molecule has 0 fully saturated rings. The van der Waals surface area contributed by atoms with E-state index in [4.69, 9.17) is 15.5 Å². The van der Waals surface area contributed by atoms with Crippen LogP contribution in [0.3, 0.4) is 0 Å². The summed E-state index contributed by atoms with van der Waals surface area (Å²) in [6.45, 7) is 3.61. The predicted octanol–water partition coefficient (Wildman–Crippen LogP) is 2.21. The SMILES string of the molecule is C=CC(CCC=CCC(=O)O)CC(C#N)C(=O)O. The van der Waals surface area contributed by atoms with Crippen LogP contribution in [0.4, 0.5) is 0 Å². The Morgan fingerprint density at radius 3 is 2.44 bits per heavy atom. The molecule has 0 heterocycles. The van der Waals surface area contributed by atoms with Crippen molar-refractivity contribution in [3.63, 3.8) is 0 Å². The van der Waals surface area contributed by atoms with Crippen molar-refractivity contribution in [2.75, 3.05) is 0 Å². The van der Waals surface area contributed by atoms with Gasteiger partial charge in [0.05, 0.1) is 12.5 Å². The van der Waals surface area contributed by atoms with Gasteiger partial charge in [0.1, 0.15) is 5.92 Å². The van der Waals surface area contributed by atoms with E-state index in [0.29, 0.717) is 12.8 Å². The first-order valence-corrected chi connectivity index (χ1v) is 5.63. The second-order valence-corrected chi connectivity index (χ2v) is 3.90. The number of rotatable bonds is 9. The number of nitrogens with zero attached hydrogens (tertiary/aromatic N) is 1. The van der Waals surface area contributed by atoms with Crippen LogP contribution in [-0.2, 0) is 9.59 Å². The van der Waals surface area contributed by atoms with Gasteiger partial charge in [-0.2, -0.15) is 5.26 Å².